The monoisotopic (exact) mass is 238 g/mol. The lowest BCUT2D eigenvalue weighted by Gasteiger charge is -2.00. The van der Waals surface area contributed by atoms with E-state index in [4.69, 9.17) is 9.15 Å². The number of rotatable bonds is 9. The summed E-state index contributed by atoms with van der Waals surface area (Å²) in [6.07, 6.45) is 7.24. The Kier molecular flexibility index (Phi) is 5.01. The summed E-state index contributed by atoms with van der Waals surface area (Å²) >= 11 is 0. The van der Waals surface area contributed by atoms with E-state index in [0.717, 1.165) is 56.7 Å². The molecule has 0 bridgehead atoms. The molecule has 0 radical (unpaired) electrons. The summed E-state index contributed by atoms with van der Waals surface area (Å²) < 4.78 is 11.1. The van der Waals surface area contributed by atoms with E-state index in [0.29, 0.717) is 0 Å². The largest absolute Gasteiger partial charge is 0.446 e. The predicted octanol–water partition coefficient (Wildman–Crippen LogP) is 1.94. The third kappa shape index (κ3) is 4.88. The highest BCUT2D eigenvalue weighted by molar-refractivity contribution is 4.95. The van der Waals surface area contributed by atoms with Gasteiger partial charge in [-0.25, -0.2) is 4.98 Å². The number of oxazole rings is 1. The fourth-order valence-electron chi connectivity index (χ4n) is 1.67. The van der Waals surface area contributed by atoms with E-state index >= 15 is 0 Å². The lowest BCUT2D eigenvalue weighted by Crippen LogP contribution is -2.19. The topological polar surface area (TPSA) is 47.3 Å². The zero-order valence-electron chi connectivity index (χ0n) is 10.6. The number of aromatic nitrogens is 1. The maximum absolute atomic E-state index is 5.63. The Hall–Kier alpha value is -0.870. The molecule has 1 saturated carbocycles. The van der Waals surface area contributed by atoms with E-state index in [-0.39, 0.29) is 0 Å². The molecule has 0 aliphatic heterocycles. The molecule has 0 spiro atoms. The summed E-state index contributed by atoms with van der Waals surface area (Å²) in [5.41, 5.74) is 0. The fourth-order valence-corrected chi connectivity index (χ4v) is 1.67. The molecule has 0 aromatic carbocycles. The van der Waals surface area contributed by atoms with Gasteiger partial charge in [0.25, 0.3) is 0 Å². The van der Waals surface area contributed by atoms with E-state index < -0.39 is 0 Å². The molecule has 4 heteroatoms. The van der Waals surface area contributed by atoms with E-state index in [1.807, 2.05) is 6.20 Å². The molecule has 1 aliphatic rings. The van der Waals surface area contributed by atoms with Crippen LogP contribution in [0.25, 0.3) is 0 Å². The van der Waals surface area contributed by atoms with Crippen LogP contribution in [-0.2, 0) is 17.6 Å². The minimum Gasteiger partial charge on any atom is -0.446 e. The van der Waals surface area contributed by atoms with Gasteiger partial charge in [-0.1, -0.05) is 6.92 Å². The molecule has 96 valence electrons. The second-order valence-corrected chi connectivity index (χ2v) is 4.56. The minimum absolute atomic E-state index is 0.725. The SMILES string of the molecule is CCCOCCc1cnc(CCNC2CC2)o1. The molecule has 0 amide bonds. The average molecular weight is 238 g/mol. The summed E-state index contributed by atoms with van der Waals surface area (Å²) in [6, 6.07) is 0.756. The van der Waals surface area contributed by atoms with Gasteiger partial charge >= 0.3 is 0 Å². The van der Waals surface area contributed by atoms with Gasteiger partial charge in [0.1, 0.15) is 5.76 Å². The van der Waals surface area contributed by atoms with Crippen LogP contribution in [-0.4, -0.2) is 30.8 Å². The quantitative estimate of drug-likeness (QED) is 0.668. The van der Waals surface area contributed by atoms with Gasteiger partial charge in [-0.15, -0.1) is 0 Å². The van der Waals surface area contributed by atoms with E-state index in [1.165, 1.54) is 12.8 Å². The average Bonchev–Trinajstić information content (AvgIpc) is 3.04. The highest BCUT2D eigenvalue weighted by Crippen LogP contribution is 2.18. The van der Waals surface area contributed by atoms with Gasteiger partial charge in [-0.2, -0.15) is 0 Å². The molecule has 4 nitrogen and oxygen atoms in total. The molecule has 17 heavy (non-hydrogen) atoms. The summed E-state index contributed by atoms with van der Waals surface area (Å²) in [5, 5.41) is 3.45. The van der Waals surface area contributed by atoms with Crippen LogP contribution >= 0.6 is 0 Å². The molecular formula is C13H22N2O2. The van der Waals surface area contributed by atoms with Crippen molar-refractivity contribution in [2.24, 2.45) is 0 Å². The van der Waals surface area contributed by atoms with Gasteiger partial charge in [-0.3, -0.25) is 0 Å². The third-order valence-electron chi connectivity index (χ3n) is 2.79. The van der Waals surface area contributed by atoms with Gasteiger partial charge in [0.2, 0.25) is 0 Å². The summed E-state index contributed by atoms with van der Waals surface area (Å²) in [7, 11) is 0. The van der Waals surface area contributed by atoms with Crippen molar-refractivity contribution in [2.45, 2.75) is 45.1 Å². The molecule has 1 aliphatic carbocycles. The normalized spacial score (nSPS) is 15.4. The van der Waals surface area contributed by atoms with E-state index in [2.05, 4.69) is 17.2 Å². The Bertz CT molecular complexity index is 321. The lowest BCUT2D eigenvalue weighted by molar-refractivity contribution is 0.134. The van der Waals surface area contributed by atoms with Crippen LogP contribution in [0.1, 0.15) is 37.8 Å². The van der Waals surface area contributed by atoms with Gasteiger partial charge in [0.15, 0.2) is 5.89 Å². The van der Waals surface area contributed by atoms with Crippen molar-refractivity contribution in [3.63, 3.8) is 0 Å². The van der Waals surface area contributed by atoms with Crippen molar-refractivity contribution in [1.29, 1.82) is 0 Å². The molecule has 1 aromatic heterocycles. The Morgan fingerprint density at radius 2 is 2.29 bits per heavy atom. The smallest absolute Gasteiger partial charge is 0.195 e. The van der Waals surface area contributed by atoms with Crippen LogP contribution in [0.2, 0.25) is 0 Å². The summed E-state index contributed by atoms with van der Waals surface area (Å²) in [5.74, 6) is 1.77. The van der Waals surface area contributed by atoms with Gasteiger partial charge in [-0.05, 0) is 19.3 Å². The highest BCUT2D eigenvalue weighted by atomic mass is 16.5. The summed E-state index contributed by atoms with van der Waals surface area (Å²) in [4.78, 5) is 4.27. The first kappa shape index (κ1) is 12.6. The standard InChI is InChI=1S/C13H22N2O2/c1-2-8-16-9-6-12-10-15-13(17-12)5-7-14-11-3-4-11/h10-11,14H,2-9H2,1H3. The fraction of sp³-hybridized carbons (Fsp3) is 0.769. The maximum atomic E-state index is 5.63. The van der Waals surface area contributed by atoms with Gasteiger partial charge in [0.05, 0.1) is 12.8 Å². The number of hydrogen-bond donors (Lipinski definition) is 1. The van der Waals surface area contributed by atoms with E-state index in [1.54, 1.807) is 0 Å². The second-order valence-electron chi connectivity index (χ2n) is 4.56. The van der Waals surface area contributed by atoms with Crippen LogP contribution < -0.4 is 5.32 Å². The molecule has 0 atom stereocenters. The summed E-state index contributed by atoms with van der Waals surface area (Å²) in [6.45, 7) is 4.63. The molecule has 1 heterocycles. The van der Waals surface area contributed by atoms with Crippen molar-refractivity contribution in [1.82, 2.24) is 10.3 Å². The van der Waals surface area contributed by atoms with Gasteiger partial charge in [0, 0.05) is 32.0 Å². The number of nitrogens with one attached hydrogen (secondary N) is 1. The number of nitrogens with zero attached hydrogens (tertiary/aromatic N) is 1. The van der Waals surface area contributed by atoms with Crippen molar-refractivity contribution in [3.05, 3.63) is 17.8 Å². The third-order valence-corrected chi connectivity index (χ3v) is 2.79. The van der Waals surface area contributed by atoms with E-state index in [9.17, 15) is 0 Å². The number of ether oxygens (including phenoxy) is 1. The zero-order chi connectivity index (χ0) is 11.9. The van der Waals surface area contributed by atoms with Crippen LogP contribution in [0, 0.1) is 0 Å². The Labute approximate surface area is 103 Å². The Morgan fingerprint density at radius 1 is 1.41 bits per heavy atom. The molecular weight excluding hydrogens is 216 g/mol. The lowest BCUT2D eigenvalue weighted by atomic mass is 10.4. The Morgan fingerprint density at radius 3 is 3.06 bits per heavy atom. The van der Waals surface area contributed by atoms with Crippen molar-refractivity contribution in [3.8, 4) is 0 Å². The Balaban J connectivity index is 1.60. The molecule has 1 fully saturated rings. The molecule has 1 N–H and O–H groups in total. The molecule has 0 unspecified atom stereocenters. The first-order valence-corrected chi connectivity index (χ1v) is 6.63. The minimum atomic E-state index is 0.725. The molecule has 0 saturated heterocycles. The molecule has 1 aromatic rings. The second kappa shape index (κ2) is 6.77. The van der Waals surface area contributed by atoms with Crippen LogP contribution in [0.3, 0.4) is 0 Å². The van der Waals surface area contributed by atoms with Crippen molar-refractivity contribution in [2.75, 3.05) is 19.8 Å². The van der Waals surface area contributed by atoms with Crippen molar-refractivity contribution >= 4 is 0 Å². The first-order valence-electron chi connectivity index (χ1n) is 6.63. The number of hydrogen-bond acceptors (Lipinski definition) is 4. The first-order chi connectivity index (χ1) is 8.38. The predicted molar refractivity (Wildman–Crippen MR) is 66.0 cm³/mol. The van der Waals surface area contributed by atoms with Crippen molar-refractivity contribution < 1.29 is 9.15 Å². The maximum Gasteiger partial charge on any atom is 0.195 e. The zero-order valence-corrected chi connectivity index (χ0v) is 10.6. The van der Waals surface area contributed by atoms with Crippen LogP contribution in [0.15, 0.2) is 10.6 Å². The highest BCUT2D eigenvalue weighted by Gasteiger charge is 2.19. The van der Waals surface area contributed by atoms with Crippen LogP contribution in [0.4, 0.5) is 0 Å². The van der Waals surface area contributed by atoms with Gasteiger partial charge < -0.3 is 14.5 Å². The molecule has 2 rings (SSSR count). The van der Waals surface area contributed by atoms with Crippen LogP contribution in [0.5, 0.6) is 0 Å².